The van der Waals surface area contributed by atoms with Crippen molar-refractivity contribution in [1.82, 2.24) is 10.2 Å². The molecule has 0 aliphatic heterocycles. The molecule has 0 radical (unpaired) electrons. The molecule has 0 bridgehead atoms. The zero-order valence-corrected chi connectivity index (χ0v) is 12.4. The second-order valence-corrected chi connectivity index (χ2v) is 5.93. The average Bonchev–Trinajstić information content (AvgIpc) is 3.21. The highest BCUT2D eigenvalue weighted by molar-refractivity contribution is 5.76. The van der Waals surface area contributed by atoms with Crippen LogP contribution in [0.1, 0.15) is 37.8 Å². The van der Waals surface area contributed by atoms with Crippen LogP contribution in [-0.4, -0.2) is 30.9 Å². The summed E-state index contributed by atoms with van der Waals surface area (Å²) in [5.74, 6) is 0.523. The Morgan fingerprint density at radius 3 is 2.45 bits per heavy atom. The Labute approximate surface area is 120 Å². The fourth-order valence-electron chi connectivity index (χ4n) is 2.41. The maximum atomic E-state index is 13.0. The van der Waals surface area contributed by atoms with Gasteiger partial charge in [0.25, 0.3) is 0 Å². The Morgan fingerprint density at radius 1 is 1.35 bits per heavy atom. The Kier molecular flexibility index (Phi) is 4.76. The lowest BCUT2D eigenvalue weighted by atomic mass is 10.0. The number of hydrogen-bond donors (Lipinski definition) is 1. The average molecular weight is 278 g/mol. The lowest BCUT2D eigenvalue weighted by molar-refractivity contribution is -0.129. The molecule has 1 saturated carbocycles. The van der Waals surface area contributed by atoms with E-state index in [-0.39, 0.29) is 23.8 Å². The van der Waals surface area contributed by atoms with Gasteiger partial charge < -0.3 is 10.2 Å². The zero-order valence-electron chi connectivity index (χ0n) is 12.4. The predicted octanol–water partition coefficient (Wildman–Crippen LogP) is 2.73. The molecule has 0 aromatic heterocycles. The standard InChI is InChI=1S/C16H23FN2O/c1-11(10-15(20)19(2)3)18-16(12-4-5-12)13-6-8-14(17)9-7-13/h6-9,11-12,16,18H,4-5,10H2,1-3H3/t11-,16-/m0/s1. The first-order valence-electron chi connectivity index (χ1n) is 7.19. The molecular weight excluding hydrogens is 255 g/mol. The van der Waals surface area contributed by atoms with Crippen molar-refractivity contribution in [2.24, 2.45) is 5.92 Å². The minimum absolute atomic E-state index is 0.112. The van der Waals surface area contributed by atoms with Crippen molar-refractivity contribution in [3.8, 4) is 0 Å². The van der Waals surface area contributed by atoms with E-state index in [1.54, 1.807) is 19.0 Å². The number of amides is 1. The monoisotopic (exact) mass is 278 g/mol. The molecule has 1 aromatic carbocycles. The second kappa shape index (κ2) is 6.35. The molecule has 1 amide bonds. The third kappa shape index (κ3) is 4.04. The number of benzene rings is 1. The van der Waals surface area contributed by atoms with Gasteiger partial charge in [-0.05, 0) is 43.4 Å². The van der Waals surface area contributed by atoms with Crippen molar-refractivity contribution in [2.75, 3.05) is 14.1 Å². The van der Waals surface area contributed by atoms with Crippen molar-refractivity contribution < 1.29 is 9.18 Å². The number of carbonyl (C=O) groups is 1. The number of nitrogens with one attached hydrogen (secondary N) is 1. The van der Waals surface area contributed by atoms with Crippen LogP contribution in [0.15, 0.2) is 24.3 Å². The number of rotatable bonds is 6. The minimum Gasteiger partial charge on any atom is -0.349 e. The fourth-order valence-corrected chi connectivity index (χ4v) is 2.41. The van der Waals surface area contributed by atoms with Gasteiger partial charge in [-0.25, -0.2) is 4.39 Å². The quantitative estimate of drug-likeness (QED) is 0.868. The summed E-state index contributed by atoms with van der Waals surface area (Å²) in [6, 6.07) is 7.02. The van der Waals surface area contributed by atoms with Crippen molar-refractivity contribution in [2.45, 2.75) is 38.3 Å². The third-order valence-corrected chi connectivity index (χ3v) is 3.77. The van der Waals surface area contributed by atoms with Gasteiger partial charge in [0.15, 0.2) is 0 Å². The second-order valence-electron chi connectivity index (χ2n) is 5.93. The lowest BCUT2D eigenvalue weighted by Crippen LogP contribution is -2.36. The number of carbonyl (C=O) groups excluding carboxylic acids is 1. The molecule has 3 nitrogen and oxygen atoms in total. The maximum absolute atomic E-state index is 13.0. The van der Waals surface area contributed by atoms with Crippen LogP contribution in [0.5, 0.6) is 0 Å². The fraction of sp³-hybridized carbons (Fsp3) is 0.562. The number of halogens is 1. The van der Waals surface area contributed by atoms with Gasteiger partial charge >= 0.3 is 0 Å². The summed E-state index contributed by atoms with van der Waals surface area (Å²) in [6.07, 6.45) is 2.88. The van der Waals surface area contributed by atoms with Gasteiger partial charge in [-0.1, -0.05) is 12.1 Å². The Bertz CT molecular complexity index is 454. The van der Waals surface area contributed by atoms with Crippen molar-refractivity contribution in [1.29, 1.82) is 0 Å². The van der Waals surface area contributed by atoms with E-state index in [1.165, 1.54) is 25.0 Å². The van der Waals surface area contributed by atoms with Crippen LogP contribution in [0.25, 0.3) is 0 Å². The van der Waals surface area contributed by atoms with Crippen LogP contribution >= 0.6 is 0 Å². The largest absolute Gasteiger partial charge is 0.349 e. The van der Waals surface area contributed by atoms with Crippen molar-refractivity contribution >= 4 is 5.91 Å². The summed E-state index contributed by atoms with van der Waals surface area (Å²) in [6.45, 7) is 2.03. The Hall–Kier alpha value is -1.42. The normalized spacial score (nSPS) is 17.6. The summed E-state index contributed by atoms with van der Waals surface area (Å²) in [7, 11) is 3.54. The molecule has 110 valence electrons. The van der Waals surface area contributed by atoms with E-state index in [0.29, 0.717) is 12.3 Å². The summed E-state index contributed by atoms with van der Waals surface area (Å²) in [4.78, 5) is 13.4. The maximum Gasteiger partial charge on any atom is 0.223 e. The first-order chi connectivity index (χ1) is 9.47. The van der Waals surface area contributed by atoms with Crippen LogP contribution in [-0.2, 0) is 4.79 Å². The molecular formula is C16H23FN2O. The van der Waals surface area contributed by atoms with Gasteiger partial charge in [-0.3, -0.25) is 4.79 Å². The summed E-state index contributed by atoms with van der Waals surface area (Å²) < 4.78 is 13.0. The van der Waals surface area contributed by atoms with E-state index >= 15 is 0 Å². The highest BCUT2D eigenvalue weighted by Crippen LogP contribution is 2.41. The van der Waals surface area contributed by atoms with Gasteiger partial charge in [-0.2, -0.15) is 0 Å². The number of hydrogen-bond acceptors (Lipinski definition) is 2. The van der Waals surface area contributed by atoms with Crippen LogP contribution in [0.2, 0.25) is 0 Å². The van der Waals surface area contributed by atoms with Crippen molar-refractivity contribution in [3.63, 3.8) is 0 Å². The molecule has 1 aliphatic rings. The molecule has 1 aromatic rings. The van der Waals surface area contributed by atoms with Crippen LogP contribution < -0.4 is 5.32 Å². The van der Waals surface area contributed by atoms with E-state index in [1.807, 2.05) is 19.1 Å². The Balaban J connectivity index is 1.99. The molecule has 1 N–H and O–H groups in total. The zero-order chi connectivity index (χ0) is 14.7. The van der Waals surface area contributed by atoms with Crippen molar-refractivity contribution in [3.05, 3.63) is 35.6 Å². The molecule has 0 unspecified atom stereocenters. The van der Waals surface area contributed by atoms with Gasteiger partial charge in [0.05, 0.1) is 0 Å². The molecule has 20 heavy (non-hydrogen) atoms. The van der Waals surface area contributed by atoms with Gasteiger partial charge in [0.2, 0.25) is 5.91 Å². The summed E-state index contributed by atoms with van der Waals surface area (Å²) in [5.41, 5.74) is 1.11. The molecule has 1 aliphatic carbocycles. The summed E-state index contributed by atoms with van der Waals surface area (Å²) in [5, 5.41) is 3.53. The van der Waals surface area contributed by atoms with Gasteiger partial charge in [0.1, 0.15) is 5.82 Å². The van der Waals surface area contributed by atoms with E-state index < -0.39 is 0 Å². The first-order valence-corrected chi connectivity index (χ1v) is 7.19. The SMILES string of the molecule is C[C@@H](CC(=O)N(C)C)N[C@H](c1ccc(F)cc1)C1CC1. The topological polar surface area (TPSA) is 32.3 Å². The Morgan fingerprint density at radius 2 is 1.95 bits per heavy atom. The molecule has 2 atom stereocenters. The highest BCUT2D eigenvalue weighted by atomic mass is 19.1. The summed E-state index contributed by atoms with van der Waals surface area (Å²) >= 11 is 0. The molecule has 2 rings (SSSR count). The van der Waals surface area contributed by atoms with Gasteiger partial charge in [0, 0.05) is 32.6 Å². The van der Waals surface area contributed by atoms with Gasteiger partial charge in [-0.15, -0.1) is 0 Å². The predicted molar refractivity (Wildman–Crippen MR) is 77.8 cm³/mol. The molecule has 1 fully saturated rings. The molecule has 0 spiro atoms. The van der Waals surface area contributed by atoms with E-state index in [4.69, 9.17) is 0 Å². The van der Waals surface area contributed by atoms with E-state index in [9.17, 15) is 9.18 Å². The van der Waals surface area contributed by atoms with Crippen LogP contribution in [0.3, 0.4) is 0 Å². The van der Waals surface area contributed by atoms with Crippen LogP contribution in [0, 0.1) is 11.7 Å². The van der Waals surface area contributed by atoms with E-state index in [2.05, 4.69) is 5.32 Å². The minimum atomic E-state index is -0.209. The molecule has 0 saturated heterocycles. The molecule has 0 heterocycles. The third-order valence-electron chi connectivity index (χ3n) is 3.77. The van der Waals surface area contributed by atoms with E-state index in [0.717, 1.165) is 5.56 Å². The smallest absolute Gasteiger partial charge is 0.223 e. The van der Waals surface area contributed by atoms with Crippen LogP contribution in [0.4, 0.5) is 4.39 Å². The first kappa shape index (κ1) is 15.0. The number of nitrogens with zero attached hydrogens (tertiary/aromatic N) is 1. The molecule has 4 heteroatoms. The highest BCUT2D eigenvalue weighted by Gasteiger charge is 2.33. The lowest BCUT2D eigenvalue weighted by Gasteiger charge is -2.24.